The molecule has 1 heterocycles. The number of hydrogen-bond acceptors (Lipinski definition) is 3. The van der Waals surface area contributed by atoms with Gasteiger partial charge in [-0.3, -0.25) is 9.48 Å². The zero-order valence-corrected chi connectivity index (χ0v) is 13.8. The first-order valence-corrected chi connectivity index (χ1v) is 7.54. The van der Waals surface area contributed by atoms with Crippen LogP contribution >= 0.6 is 0 Å². The van der Waals surface area contributed by atoms with Gasteiger partial charge in [0.25, 0.3) is 0 Å². The van der Waals surface area contributed by atoms with Crippen LogP contribution in [0.2, 0.25) is 0 Å². The Bertz CT molecular complexity index is 755. The van der Waals surface area contributed by atoms with Crippen LogP contribution in [-0.4, -0.2) is 26.8 Å². The number of aromatic nitrogens is 2. The molecule has 24 heavy (non-hydrogen) atoms. The third-order valence-electron chi connectivity index (χ3n) is 3.88. The smallest absolute Gasteiger partial charge is 0.331 e. The second-order valence-corrected chi connectivity index (χ2v) is 6.22. The first-order chi connectivity index (χ1) is 11.2. The summed E-state index contributed by atoms with van der Waals surface area (Å²) in [5.74, 6) is -2.10. The van der Waals surface area contributed by atoms with Crippen molar-refractivity contribution in [1.82, 2.24) is 9.78 Å². The lowest BCUT2D eigenvalue weighted by molar-refractivity contribution is -0.146. The Labute approximate surface area is 139 Å². The molecule has 1 amide bonds. The predicted molar refractivity (Wildman–Crippen MR) is 87.1 cm³/mol. The highest BCUT2D eigenvalue weighted by Gasteiger charge is 2.30. The van der Waals surface area contributed by atoms with Gasteiger partial charge in [0.15, 0.2) is 5.54 Å². The van der Waals surface area contributed by atoms with Gasteiger partial charge in [0.05, 0.1) is 11.9 Å². The van der Waals surface area contributed by atoms with Crippen LogP contribution in [0.25, 0.3) is 0 Å². The van der Waals surface area contributed by atoms with E-state index in [1.54, 1.807) is 25.1 Å². The van der Waals surface area contributed by atoms with Crippen molar-refractivity contribution >= 4 is 17.6 Å². The summed E-state index contributed by atoms with van der Waals surface area (Å²) in [5.41, 5.74) is -0.348. The fourth-order valence-corrected chi connectivity index (χ4v) is 2.14. The van der Waals surface area contributed by atoms with Crippen molar-refractivity contribution in [3.8, 4) is 0 Å². The lowest BCUT2D eigenvalue weighted by atomic mass is 10.00. The Morgan fingerprint density at radius 1 is 1.38 bits per heavy atom. The molecule has 1 aromatic heterocycles. The number of aliphatic carboxylic acids is 1. The van der Waals surface area contributed by atoms with Crippen molar-refractivity contribution in [3.63, 3.8) is 0 Å². The zero-order valence-electron chi connectivity index (χ0n) is 13.8. The Kier molecular flexibility index (Phi) is 5.02. The molecule has 0 bridgehead atoms. The number of nitrogens with one attached hydrogen (secondary N) is 1. The van der Waals surface area contributed by atoms with Gasteiger partial charge in [0, 0.05) is 12.1 Å². The van der Waals surface area contributed by atoms with Crippen LogP contribution in [0.15, 0.2) is 36.7 Å². The molecule has 2 rings (SSSR count). The molecule has 128 valence electrons. The maximum Gasteiger partial charge on any atom is 0.331 e. The normalized spacial score (nSPS) is 12.7. The average molecular weight is 333 g/mol. The molecule has 0 saturated heterocycles. The van der Waals surface area contributed by atoms with E-state index >= 15 is 0 Å². The highest BCUT2D eigenvalue weighted by atomic mass is 19.1. The van der Waals surface area contributed by atoms with E-state index in [1.165, 1.54) is 37.0 Å². The maximum absolute atomic E-state index is 13.6. The molecule has 0 aliphatic carbocycles. The average Bonchev–Trinajstić information content (AvgIpc) is 2.98. The first-order valence-electron chi connectivity index (χ1n) is 7.54. The standard InChI is InChI=1S/C17H20FN3O3/c1-11(8-12-6-4-5-7-14(12)18)15(22)20-13-9-19-21(10-13)17(2,3)16(23)24/h4-7,9-11H,8H2,1-3H3,(H,20,22)(H,23,24). The quantitative estimate of drug-likeness (QED) is 0.851. The molecule has 0 saturated carbocycles. The van der Waals surface area contributed by atoms with Crippen molar-refractivity contribution in [1.29, 1.82) is 0 Å². The summed E-state index contributed by atoms with van der Waals surface area (Å²) in [5, 5.41) is 15.8. The molecule has 0 radical (unpaired) electrons. The lowest BCUT2D eigenvalue weighted by Crippen LogP contribution is -2.35. The van der Waals surface area contributed by atoms with Crippen LogP contribution < -0.4 is 5.32 Å². The fraction of sp³-hybridized carbons (Fsp3) is 0.353. The molecule has 0 spiro atoms. The Morgan fingerprint density at radius 3 is 2.67 bits per heavy atom. The number of nitrogens with zero attached hydrogens (tertiary/aromatic N) is 2. The molecule has 0 aliphatic rings. The summed E-state index contributed by atoms with van der Waals surface area (Å²) in [7, 11) is 0. The van der Waals surface area contributed by atoms with Crippen molar-refractivity contribution in [2.45, 2.75) is 32.7 Å². The number of anilines is 1. The number of carbonyl (C=O) groups excluding carboxylic acids is 1. The number of benzene rings is 1. The fourth-order valence-electron chi connectivity index (χ4n) is 2.14. The van der Waals surface area contributed by atoms with Gasteiger partial charge in [-0.15, -0.1) is 0 Å². The number of amides is 1. The summed E-state index contributed by atoms with van der Waals surface area (Å²) in [6, 6.07) is 6.33. The van der Waals surface area contributed by atoms with E-state index in [2.05, 4.69) is 10.4 Å². The first kappa shape index (κ1) is 17.7. The predicted octanol–water partition coefficient (Wildman–Crippen LogP) is 2.66. The van der Waals surface area contributed by atoms with Crippen LogP contribution in [0, 0.1) is 11.7 Å². The van der Waals surface area contributed by atoms with Crippen LogP contribution in [0.5, 0.6) is 0 Å². The molecular formula is C17H20FN3O3. The van der Waals surface area contributed by atoms with E-state index in [-0.39, 0.29) is 18.1 Å². The van der Waals surface area contributed by atoms with E-state index in [1.807, 2.05) is 0 Å². The number of halogens is 1. The van der Waals surface area contributed by atoms with Crippen LogP contribution in [0.3, 0.4) is 0 Å². The molecule has 0 fully saturated rings. The summed E-state index contributed by atoms with van der Waals surface area (Å²) in [6.07, 6.45) is 3.12. The van der Waals surface area contributed by atoms with Crippen molar-refractivity contribution in [2.75, 3.05) is 5.32 Å². The van der Waals surface area contributed by atoms with E-state index in [0.717, 1.165) is 0 Å². The lowest BCUT2D eigenvalue weighted by Gasteiger charge is -2.19. The third-order valence-corrected chi connectivity index (χ3v) is 3.88. The Morgan fingerprint density at radius 2 is 2.04 bits per heavy atom. The van der Waals surface area contributed by atoms with Crippen molar-refractivity contribution in [3.05, 3.63) is 48.0 Å². The minimum Gasteiger partial charge on any atom is -0.479 e. The van der Waals surface area contributed by atoms with Gasteiger partial charge in [0.1, 0.15) is 5.82 Å². The molecule has 2 aromatic rings. The Hall–Kier alpha value is -2.70. The SMILES string of the molecule is CC(Cc1ccccc1F)C(=O)Nc1cnn(C(C)(C)C(=O)O)c1. The van der Waals surface area contributed by atoms with E-state index in [0.29, 0.717) is 11.3 Å². The van der Waals surface area contributed by atoms with Gasteiger partial charge >= 0.3 is 5.97 Å². The van der Waals surface area contributed by atoms with E-state index < -0.39 is 17.4 Å². The molecular weight excluding hydrogens is 313 g/mol. The number of carbonyl (C=O) groups is 2. The largest absolute Gasteiger partial charge is 0.479 e. The van der Waals surface area contributed by atoms with Gasteiger partial charge in [-0.25, -0.2) is 9.18 Å². The second kappa shape index (κ2) is 6.82. The molecule has 2 N–H and O–H groups in total. The minimum atomic E-state index is -1.22. The third kappa shape index (κ3) is 3.79. The van der Waals surface area contributed by atoms with E-state index in [4.69, 9.17) is 0 Å². The topological polar surface area (TPSA) is 84.2 Å². The van der Waals surface area contributed by atoms with Gasteiger partial charge in [-0.2, -0.15) is 5.10 Å². The van der Waals surface area contributed by atoms with Gasteiger partial charge < -0.3 is 10.4 Å². The van der Waals surface area contributed by atoms with Crippen LogP contribution in [0.1, 0.15) is 26.3 Å². The second-order valence-electron chi connectivity index (χ2n) is 6.22. The van der Waals surface area contributed by atoms with E-state index in [9.17, 15) is 19.1 Å². The molecule has 0 aliphatic heterocycles. The van der Waals surface area contributed by atoms with Gasteiger partial charge in [-0.05, 0) is 31.9 Å². The van der Waals surface area contributed by atoms with Gasteiger partial charge in [-0.1, -0.05) is 25.1 Å². The minimum absolute atomic E-state index is 0.271. The molecule has 7 heteroatoms. The van der Waals surface area contributed by atoms with Gasteiger partial charge in [0.2, 0.25) is 5.91 Å². The molecule has 1 unspecified atom stereocenters. The molecule has 1 atom stereocenters. The van der Waals surface area contributed by atoms with Crippen molar-refractivity contribution < 1.29 is 19.1 Å². The monoisotopic (exact) mass is 333 g/mol. The molecule has 6 nitrogen and oxygen atoms in total. The number of rotatable bonds is 6. The maximum atomic E-state index is 13.6. The summed E-state index contributed by atoms with van der Waals surface area (Å²) >= 11 is 0. The highest BCUT2D eigenvalue weighted by Crippen LogP contribution is 2.19. The summed E-state index contributed by atoms with van der Waals surface area (Å²) in [6.45, 7) is 4.72. The number of carboxylic acids is 1. The zero-order chi connectivity index (χ0) is 17.9. The number of carboxylic acid groups (broad SMARTS) is 1. The van der Waals surface area contributed by atoms with Crippen molar-refractivity contribution in [2.24, 2.45) is 5.92 Å². The number of hydrogen-bond donors (Lipinski definition) is 2. The molecule has 1 aromatic carbocycles. The van der Waals surface area contributed by atoms with Crippen LogP contribution in [0.4, 0.5) is 10.1 Å². The summed E-state index contributed by atoms with van der Waals surface area (Å²) < 4.78 is 14.9. The highest BCUT2D eigenvalue weighted by molar-refractivity contribution is 5.92. The van der Waals surface area contributed by atoms with Crippen LogP contribution in [-0.2, 0) is 21.5 Å². The Balaban J connectivity index is 2.03. The summed E-state index contributed by atoms with van der Waals surface area (Å²) in [4.78, 5) is 23.4.